The zero-order chi connectivity index (χ0) is 37.3. The normalized spacial score (nSPS) is 51.8. The van der Waals surface area contributed by atoms with Crippen molar-refractivity contribution >= 4 is 11.9 Å². The van der Waals surface area contributed by atoms with E-state index in [1.54, 1.807) is 7.11 Å². The summed E-state index contributed by atoms with van der Waals surface area (Å²) < 4.78 is 41.6. The van der Waals surface area contributed by atoms with Crippen LogP contribution >= 0.6 is 0 Å². The maximum Gasteiger partial charge on any atom is 0.331 e. The standard InChI is InChI=1S/C38H58O14/c1-18-34(52-35-33(44)32(43)31(42)27(16-39)51-35)25(46-5)14-29(48-18)50-22-8-10-36(3)21(13-22)6-7-24-23(36)9-11-37(4)30(20-12-28(41)47-17-20)26(49-19(2)40)15-38(24,37)45/h12,18,21-27,29-35,39,42-45H,6-11,13-17H2,1-5H3/t18-,21-,22+,23+,24-,25-,26+,27-,29+,30+,31-,32+,33-,34-,35+,36+,37-,38+/m1/s1. The third-order valence-corrected chi connectivity index (χ3v) is 14.6. The van der Waals surface area contributed by atoms with E-state index in [9.17, 15) is 35.1 Å². The number of carbonyl (C=O) groups excluding carboxylic acids is 2. The van der Waals surface area contributed by atoms with Crippen LogP contribution in [0.1, 0.15) is 85.5 Å². The number of esters is 2. The van der Waals surface area contributed by atoms with Crippen LogP contribution in [0.3, 0.4) is 0 Å². The summed E-state index contributed by atoms with van der Waals surface area (Å²) in [5.74, 6) is -0.323. The minimum absolute atomic E-state index is 0.000668. The van der Waals surface area contributed by atoms with Gasteiger partial charge in [-0.25, -0.2) is 4.79 Å². The van der Waals surface area contributed by atoms with Gasteiger partial charge in [0.05, 0.1) is 30.5 Å². The van der Waals surface area contributed by atoms with Gasteiger partial charge in [-0.1, -0.05) is 13.8 Å². The fourth-order valence-corrected chi connectivity index (χ4v) is 11.9. The third-order valence-electron chi connectivity index (χ3n) is 14.6. The largest absolute Gasteiger partial charge is 0.462 e. The Kier molecular flexibility index (Phi) is 10.7. The average molecular weight is 739 g/mol. The van der Waals surface area contributed by atoms with E-state index in [1.165, 1.54) is 13.0 Å². The van der Waals surface area contributed by atoms with Crippen LogP contribution in [0, 0.1) is 34.5 Å². The molecule has 3 aliphatic heterocycles. The molecular formula is C38H58O14. The summed E-state index contributed by atoms with van der Waals surface area (Å²) in [6.45, 7) is 7.35. The van der Waals surface area contributed by atoms with Gasteiger partial charge in [-0.15, -0.1) is 0 Å². The summed E-state index contributed by atoms with van der Waals surface area (Å²) >= 11 is 0. The molecule has 18 atom stereocenters. The maximum atomic E-state index is 12.8. The fraction of sp³-hybridized carbons (Fsp3) is 0.895. The highest BCUT2D eigenvalue weighted by Crippen LogP contribution is 2.70. The van der Waals surface area contributed by atoms with E-state index in [2.05, 4.69) is 13.8 Å². The number of aliphatic hydroxyl groups is 5. The van der Waals surface area contributed by atoms with Gasteiger partial charge in [0, 0.05) is 44.3 Å². The number of aliphatic hydroxyl groups excluding tert-OH is 4. The van der Waals surface area contributed by atoms with Crippen molar-refractivity contribution in [2.24, 2.45) is 34.5 Å². The topological polar surface area (TPSA) is 200 Å². The van der Waals surface area contributed by atoms with Crippen LogP contribution in [0.4, 0.5) is 0 Å². The molecule has 7 rings (SSSR count). The predicted molar refractivity (Wildman–Crippen MR) is 180 cm³/mol. The summed E-state index contributed by atoms with van der Waals surface area (Å²) in [6, 6.07) is 0. The molecule has 0 amide bonds. The van der Waals surface area contributed by atoms with Gasteiger partial charge >= 0.3 is 11.9 Å². The van der Waals surface area contributed by atoms with Crippen molar-refractivity contribution in [1.82, 2.24) is 0 Å². The van der Waals surface area contributed by atoms with Crippen molar-refractivity contribution in [2.75, 3.05) is 20.3 Å². The van der Waals surface area contributed by atoms with E-state index < -0.39 is 79.0 Å². The Morgan fingerprint density at radius 1 is 0.962 bits per heavy atom. The van der Waals surface area contributed by atoms with Crippen LogP contribution in [0.15, 0.2) is 11.6 Å². The third kappa shape index (κ3) is 6.36. The van der Waals surface area contributed by atoms with Gasteiger partial charge < -0.3 is 58.7 Å². The molecule has 2 saturated heterocycles. The second-order valence-corrected chi connectivity index (χ2v) is 17.1. The van der Waals surface area contributed by atoms with Crippen molar-refractivity contribution in [3.63, 3.8) is 0 Å². The zero-order valence-electron chi connectivity index (χ0n) is 30.9. The molecule has 14 nitrogen and oxygen atoms in total. The van der Waals surface area contributed by atoms with Crippen LogP contribution in [-0.4, -0.2) is 131 Å². The Balaban J connectivity index is 0.999. The molecule has 0 aromatic heterocycles. The van der Waals surface area contributed by atoms with Gasteiger partial charge in [0.15, 0.2) is 12.6 Å². The van der Waals surface area contributed by atoms with Gasteiger partial charge in [-0.05, 0) is 80.6 Å². The lowest BCUT2D eigenvalue weighted by atomic mass is 9.43. The van der Waals surface area contributed by atoms with E-state index in [0.29, 0.717) is 24.7 Å². The van der Waals surface area contributed by atoms with E-state index >= 15 is 0 Å². The second-order valence-electron chi connectivity index (χ2n) is 17.1. The molecule has 7 aliphatic rings. The van der Waals surface area contributed by atoms with E-state index in [4.69, 9.17) is 33.2 Å². The van der Waals surface area contributed by atoms with E-state index in [1.807, 2.05) is 6.92 Å². The van der Waals surface area contributed by atoms with Crippen LogP contribution in [0.2, 0.25) is 0 Å². The Labute approximate surface area is 305 Å². The number of rotatable bonds is 8. The lowest BCUT2D eigenvalue weighted by molar-refractivity contribution is -0.345. The number of ether oxygens (including phenoxy) is 7. The van der Waals surface area contributed by atoms with Gasteiger partial charge in [0.2, 0.25) is 0 Å². The summed E-state index contributed by atoms with van der Waals surface area (Å²) in [4.78, 5) is 24.4. The molecule has 3 heterocycles. The number of methoxy groups -OCH3 is 1. The molecule has 5 N–H and O–H groups in total. The number of hydrogen-bond acceptors (Lipinski definition) is 14. The van der Waals surface area contributed by atoms with E-state index in [0.717, 1.165) is 50.5 Å². The molecule has 0 aromatic rings. The Bertz CT molecular complexity index is 1370. The van der Waals surface area contributed by atoms with Crippen molar-refractivity contribution in [3.8, 4) is 0 Å². The van der Waals surface area contributed by atoms with Gasteiger partial charge in [-0.3, -0.25) is 4.79 Å². The van der Waals surface area contributed by atoms with Crippen LogP contribution in [0.5, 0.6) is 0 Å². The van der Waals surface area contributed by atoms with Gasteiger partial charge in [-0.2, -0.15) is 0 Å². The number of cyclic esters (lactones) is 1. The van der Waals surface area contributed by atoms with E-state index in [-0.39, 0.29) is 41.9 Å². The Morgan fingerprint density at radius 2 is 1.73 bits per heavy atom. The van der Waals surface area contributed by atoms with Crippen LogP contribution < -0.4 is 0 Å². The highest BCUT2D eigenvalue weighted by Gasteiger charge is 2.71. The first-order chi connectivity index (χ1) is 24.6. The summed E-state index contributed by atoms with van der Waals surface area (Å²) in [5.41, 5.74) is -0.799. The summed E-state index contributed by atoms with van der Waals surface area (Å²) in [7, 11) is 1.57. The number of fused-ring (bicyclic) bond motifs is 5. The van der Waals surface area contributed by atoms with Crippen molar-refractivity contribution in [2.45, 2.75) is 159 Å². The minimum atomic E-state index is -1.55. The minimum Gasteiger partial charge on any atom is -0.462 e. The molecule has 0 aromatic carbocycles. The average Bonchev–Trinajstić information content (AvgIpc) is 3.61. The molecule has 294 valence electrons. The first-order valence-corrected chi connectivity index (χ1v) is 19.2. The molecule has 6 fully saturated rings. The van der Waals surface area contributed by atoms with Crippen LogP contribution in [-0.2, 0) is 42.7 Å². The lowest BCUT2D eigenvalue weighted by Crippen LogP contribution is -2.62. The molecule has 0 unspecified atom stereocenters. The molecule has 4 saturated carbocycles. The van der Waals surface area contributed by atoms with Crippen LogP contribution in [0.25, 0.3) is 0 Å². The quantitative estimate of drug-likeness (QED) is 0.177. The molecule has 0 spiro atoms. The SMILES string of the molecule is CO[C@@H]1C[C@H](O[C@H]2CC[C@@]3(C)[C@H](CC[C@@H]4[C@@H]3CC[C@]3(C)[C@@H](C5=CC(=O)OC5)[C@@H](OC(C)=O)C[C@]43O)C2)O[C@H](C)[C@H]1O[C@@H]1O[C@H](CO)[C@@H](O)[C@H](O)[C@H]1O. The second kappa shape index (κ2) is 14.4. The fourth-order valence-electron chi connectivity index (χ4n) is 11.9. The highest BCUT2D eigenvalue weighted by atomic mass is 16.7. The van der Waals surface area contributed by atoms with Gasteiger partial charge in [0.1, 0.15) is 43.2 Å². The Hall–Kier alpha value is -1.72. The monoisotopic (exact) mass is 738 g/mol. The smallest absolute Gasteiger partial charge is 0.331 e. The summed E-state index contributed by atoms with van der Waals surface area (Å²) in [6.07, 6.45) is -1.29. The highest BCUT2D eigenvalue weighted by molar-refractivity contribution is 5.85. The van der Waals surface area contributed by atoms with Crippen molar-refractivity contribution in [3.05, 3.63) is 11.6 Å². The Morgan fingerprint density at radius 3 is 2.40 bits per heavy atom. The predicted octanol–water partition coefficient (Wildman–Crippen LogP) is 1.51. The summed E-state index contributed by atoms with van der Waals surface area (Å²) in [5, 5.41) is 53.3. The van der Waals surface area contributed by atoms with Crippen molar-refractivity contribution < 1.29 is 68.3 Å². The van der Waals surface area contributed by atoms with Gasteiger partial charge in [0.25, 0.3) is 0 Å². The first-order valence-electron chi connectivity index (χ1n) is 19.2. The molecule has 52 heavy (non-hydrogen) atoms. The molecule has 4 aliphatic carbocycles. The molecule has 0 bridgehead atoms. The number of hydrogen-bond donors (Lipinski definition) is 5. The molecule has 0 radical (unpaired) electrons. The maximum absolute atomic E-state index is 12.8. The number of carbonyl (C=O) groups is 2. The lowest BCUT2D eigenvalue weighted by Gasteiger charge is -2.63. The molecule has 14 heteroatoms. The van der Waals surface area contributed by atoms with Crippen molar-refractivity contribution in [1.29, 1.82) is 0 Å². The molecular weight excluding hydrogens is 680 g/mol. The first kappa shape index (κ1) is 38.6. The zero-order valence-corrected chi connectivity index (χ0v) is 30.9.